The second-order valence-electron chi connectivity index (χ2n) is 2.94. The van der Waals surface area contributed by atoms with Crippen molar-refractivity contribution in [2.75, 3.05) is 7.11 Å². The van der Waals surface area contributed by atoms with Crippen LogP contribution in [-0.2, 0) is 16.0 Å². The molecule has 0 saturated heterocycles. The molecule has 0 bridgehead atoms. The third kappa shape index (κ3) is 4.79. The molecule has 1 rings (SSSR count). The van der Waals surface area contributed by atoms with Gasteiger partial charge < -0.3 is 14.9 Å². The Labute approximate surface area is 95.5 Å². The van der Waals surface area contributed by atoms with Crippen LogP contribution in [0.2, 0.25) is 0 Å². The van der Waals surface area contributed by atoms with Crippen molar-refractivity contribution in [3.63, 3.8) is 0 Å². The first kappa shape index (κ1) is 14.5. The third-order valence-corrected chi connectivity index (χ3v) is 1.89. The van der Waals surface area contributed by atoms with E-state index in [0.717, 1.165) is 5.56 Å². The first-order valence-electron chi connectivity index (χ1n) is 5.17. The lowest BCUT2D eigenvalue weighted by molar-refractivity contribution is -0.148. The molecule has 0 fully saturated rings. The van der Waals surface area contributed by atoms with Gasteiger partial charge in [0.15, 0.2) is 6.10 Å². The van der Waals surface area contributed by atoms with Crippen LogP contribution in [0.4, 0.5) is 0 Å². The van der Waals surface area contributed by atoms with E-state index < -0.39 is 12.1 Å². The van der Waals surface area contributed by atoms with E-state index in [1.54, 1.807) is 12.1 Å². The van der Waals surface area contributed by atoms with Crippen LogP contribution >= 0.6 is 0 Å². The average Bonchev–Trinajstić information content (AvgIpc) is 2.28. The summed E-state index contributed by atoms with van der Waals surface area (Å²) in [5.41, 5.74) is 0.735. The number of aliphatic carboxylic acids is 1. The van der Waals surface area contributed by atoms with Crippen LogP contribution in [0.5, 0.6) is 5.75 Å². The van der Waals surface area contributed by atoms with E-state index in [4.69, 9.17) is 14.9 Å². The van der Waals surface area contributed by atoms with Gasteiger partial charge in [-0.25, -0.2) is 4.79 Å². The Morgan fingerprint density at radius 1 is 1.44 bits per heavy atom. The molecule has 4 nitrogen and oxygen atoms in total. The molecule has 1 aromatic rings. The lowest BCUT2D eigenvalue weighted by Gasteiger charge is -2.09. The summed E-state index contributed by atoms with van der Waals surface area (Å²) >= 11 is 0. The second kappa shape index (κ2) is 7.70. The van der Waals surface area contributed by atoms with E-state index in [1.165, 1.54) is 19.2 Å². The average molecular weight is 226 g/mol. The fourth-order valence-electron chi connectivity index (χ4n) is 1.17. The van der Waals surface area contributed by atoms with Gasteiger partial charge in [-0.2, -0.15) is 0 Å². The normalized spacial score (nSPS) is 11.2. The van der Waals surface area contributed by atoms with E-state index in [1.807, 2.05) is 13.8 Å². The summed E-state index contributed by atoms with van der Waals surface area (Å²) in [7, 11) is 1.35. The summed E-state index contributed by atoms with van der Waals surface area (Å²) < 4.78 is 4.77. The van der Waals surface area contributed by atoms with Crippen LogP contribution in [0.3, 0.4) is 0 Å². The Bertz CT molecular complexity index is 323. The van der Waals surface area contributed by atoms with Gasteiger partial charge in [-0.15, -0.1) is 0 Å². The van der Waals surface area contributed by atoms with Crippen LogP contribution in [0.25, 0.3) is 0 Å². The largest absolute Gasteiger partial charge is 0.508 e. The first-order valence-corrected chi connectivity index (χ1v) is 5.17. The maximum absolute atomic E-state index is 10.6. The van der Waals surface area contributed by atoms with Gasteiger partial charge in [0, 0.05) is 13.5 Å². The molecule has 1 atom stereocenters. The zero-order valence-electron chi connectivity index (χ0n) is 9.80. The molecule has 16 heavy (non-hydrogen) atoms. The number of ether oxygens (including phenoxy) is 1. The van der Waals surface area contributed by atoms with Crippen molar-refractivity contribution in [3.8, 4) is 5.75 Å². The van der Waals surface area contributed by atoms with E-state index in [9.17, 15) is 4.79 Å². The standard InChI is InChI=1S/C10H12O4.C2H6/c1-14-9(10(12)13)6-7-3-2-4-8(11)5-7;1-2/h2-5,9,11H,6H2,1H3,(H,12,13);1-2H3. The zero-order chi connectivity index (χ0) is 12.6. The predicted octanol–water partition coefficient (Wildman–Crippen LogP) is 2.06. The van der Waals surface area contributed by atoms with Crippen molar-refractivity contribution in [2.24, 2.45) is 0 Å². The Kier molecular flexibility index (Phi) is 6.96. The molecule has 0 heterocycles. The maximum Gasteiger partial charge on any atom is 0.333 e. The van der Waals surface area contributed by atoms with Crippen molar-refractivity contribution in [3.05, 3.63) is 29.8 Å². The molecule has 0 saturated carbocycles. The van der Waals surface area contributed by atoms with E-state index in [0.29, 0.717) is 0 Å². The minimum atomic E-state index is -1.00. The SMILES string of the molecule is CC.COC(Cc1cccc(O)c1)C(=O)O. The lowest BCUT2D eigenvalue weighted by Crippen LogP contribution is -2.24. The van der Waals surface area contributed by atoms with Crippen molar-refractivity contribution >= 4 is 5.97 Å². The highest BCUT2D eigenvalue weighted by atomic mass is 16.5. The Morgan fingerprint density at radius 3 is 2.50 bits per heavy atom. The van der Waals surface area contributed by atoms with Crippen LogP contribution < -0.4 is 0 Å². The Morgan fingerprint density at radius 2 is 2.06 bits per heavy atom. The van der Waals surface area contributed by atoms with Crippen LogP contribution in [0, 0.1) is 0 Å². The van der Waals surface area contributed by atoms with E-state index in [-0.39, 0.29) is 12.2 Å². The molecule has 90 valence electrons. The molecule has 1 aromatic carbocycles. The molecule has 0 spiro atoms. The Balaban J connectivity index is 0.00000106. The summed E-state index contributed by atoms with van der Waals surface area (Å²) in [6, 6.07) is 6.47. The highest BCUT2D eigenvalue weighted by molar-refractivity contribution is 5.72. The minimum Gasteiger partial charge on any atom is -0.508 e. The number of hydrogen-bond donors (Lipinski definition) is 2. The molecule has 0 radical (unpaired) electrons. The quantitative estimate of drug-likeness (QED) is 0.824. The van der Waals surface area contributed by atoms with Gasteiger partial charge in [0.05, 0.1) is 0 Å². The number of methoxy groups -OCH3 is 1. The summed E-state index contributed by atoms with van der Waals surface area (Å²) in [6.07, 6.45) is -0.614. The number of carboxylic acids is 1. The van der Waals surface area contributed by atoms with Gasteiger partial charge in [0.2, 0.25) is 0 Å². The molecule has 0 aliphatic heterocycles. The topological polar surface area (TPSA) is 66.8 Å². The van der Waals surface area contributed by atoms with Gasteiger partial charge in [0.25, 0.3) is 0 Å². The lowest BCUT2D eigenvalue weighted by atomic mass is 10.1. The fraction of sp³-hybridized carbons (Fsp3) is 0.417. The smallest absolute Gasteiger partial charge is 0.333 e. The highest BCUT2D eigenvalue weighted by Crippen LogP contribution is 2.13. The van der Waals surface area contributed by atoms with E-state index >= 15 is 0 Å². The Hall–Kier alpha value is -1.55. The van der Waals surface area contributed by atoms with Gasteiger partial charge >= 0.3 is 5.97 Å². The number of benzene rings is 1. The predicted molar refractivity (Wildman–Crippen MR) is 61.6 cm³/mol. The molecule has 4 heteroatoms. The van der Waals surface area contributed by atoms with Crippen molar-refractivity contribution in [2.45, 2.75) is 26.4 Å². The number of carboxylic acid groups (broad SMARTS) is 1. The van der Waals surface area contributed by atoms with Crippen LogP contribution in [-0.4, -0.2) is 29.4 Å². The van der Waals surface area contributed by atoms with Gasteiger partial charge in [-0.3, -0.25) is 0 Å². The zero-order valence-corrected chi connectivity index (χ0v) is 9.80. The molecule has 0 amide bonds. The maximum atomic E-state index is 10.6. The van der Waals surface area contributed by atoms with Crippen LogP contribution in [0.15, 0.2) is 24.3 Å². The van der Waals surface area contributed by atoms with E-state index in [2.05, 4.69) is 0 Å². The molecule has 2 N–H and O–H groups in total. The first-order chi connectivity index (χ1) is 7.63. The number of phenolic OH excluding ortho intramolecular Hbond substituents is 1. The van der Waals surface area contributed by atoms with Crippen molar-refractivity contribution < 1.29 is 19.7 Å². The summed E-state index contributed by atoms with van der Waals surface area (Å²) in [4.78, 5) is 10.6. The van der Waals surface area contributed by atoms with Gasteiger partial charge in [-0.05, 0) is 17.7 Å². The fourth-order valence-corrected chi connectivity index (χ4v) is 1.17. The summed E-state index contributed by atoms with van der Waals surface area (Å²) in [6.45, 7) is 4.00. The highest BCUT2D eigenvalue weighted by Gasteiger charge is 2.16. The molecular weight excluding hydrogens is 208 g/mol. The van der Waals surface area contributed by atoms with Crippen molar-refractivity contribution in [1.29, 1.82) is 0 Å². The van der Waals surface area contributed by atoms with Gasteiger partial charge in [-0.1, -0.05) is 26.0 Å². The number of carbonyl (C=O) groups is 1. The van der Waals surface area contributed by atoms with Gasteiger partial charge in [0.1, 0.15) is 5.75 Å². The second-order valence-corrected chi connectivity index (χ2v) is 2.94. The molecule has 0 aliphatic rings. The summed E-state index contributed by atoms with van der Waals surface area (Å²) in [5.74, 6) is -0.876. The molecule has 1 unspecified atom stereocenters. The summed E-state index contributed by atoms with van der Waals surface area (Å²) in [5, 5.41) is 17.9. The van der Waals surface area contributed by atoms with Crippen molar-refractivity contribution in [1.82, 2.24) is 0 Å². The molecular formula is C12H18O4. The molecule has 0 aromatic heterocycles. The number of hydrogen-bond acceptors (Lipinski definition) is 3. The number of phenols is 1. The van der Waals surface area contributed by atoms with Crippen LogP contribution in [0.1, 0.15) is 19.4 Å². The monoisotopic (exact) mass is 226 g/mol. The number of rotatable bonds is 4. The third-order valence-electron chi connectivity index (χ3n) is 1.89. The minimum absolute atomic E-state index is 0.128. The molecule has 0 aliphatic carbocycles. The number of aromatic hydroxyl groups is 1.